The van der Waals surface area contributed by atoms with E-state index in [9.17, 15) is 4.39 Å². The molecule has 0 amide bonds. The molecule has 0 aliphatic heterocycles. The first-order valence-corrected chi connectivity index (χ1v) is 8.25. The molecule has 0 unspecified atom stereocenters. The Morgan fingerprint density at radius 1 is 0.815 bits per heavy atom. The number of benzene rings is 2. The van der Waals surface area contributed by atoms with E-state index in [4.69, 9.17) is 10.5 Å². The van der Waals surface area contributed by atoms with Crippen LogP contribution in [0.5, 0.6) is 11.5 Å². The van der Waals surface area contributed by atoms with Gasteiger partial charge in [0.25, 0.3) is 0 Å². The van der Waals surface area contributed by atoms with Crippen molar-refractivity contribution in [1.82, 2.24) is 15.0 Å². The molecule has 2 aromatic heterocycles. The summed E-state index contributed by atoms with van der Waals surface area (Å²) >= 11 is 0. The normalized spacial score (nSPS) is 10.6. The van der Waals surface area contributed by atoms with Crippen molar-refractivity contribution in [2.24, 2.45) is 0 Å². The number of ether oxygens (including phenoxy) is 1. The Labute approximate surface area is 155 Å². The number of hydrogen-bond acceptors (Lipinski definition) is 5. The maximum atomic E-state index is 14.7. The van der Waals surface area contributed by atoms with E-state index >= 15 is 0 Å². The maximum Gasteiger partial charge on any atom is 0.219 e. The summed E-state index contributed by atoms with van der Waals surface area (Å²) in [4.78, 5) is 11.8. The number of pyridine rings is 1. The van der Waals surface area contributed by atoms with Gasteiger partial charge in [-0.15, -0.1) is 0 Å². The van der Waals surface area contributed by atoms with Gasteiger partial charge in [0, 0.05) is 41.5 Å². The molecule has 4 rings (SSSR count). The van der Waals surface area contributed by atoms with Gasteiger partial charge in [-0.3, -0.25) is 4.98 Å². The van der Waals surface area contributed by atoms with Gasteiger partial charge in [0.2, 0.25) is 5.95 Å². The molecule has 2 N–H and O–H groups in total. The van der Waals surface area contributed by atoms with Crippen molar-refractivity contribution < 1.29 is 9.13 Å². The summed E-state index contributed by atoms with van der Waals surface area (Å²) < 4.78 is 20.7. The molecule has 2 aromatic carbocycles. The van der Waals surface area contributed by atoms with Crippen LogP contribution in [-0.2, 0) is 0 Å². The van der Waals surface area contributed by atoms with Crippen LogP contribution in [0.1, 0.15) is 0 Å². The van der Waals surface area contributed by atoms with Gasteiger partial charge in [0.15, 0.2) is 0 Å². The van der Waals surface area contributed by atoms with Crippen molar-refractivity contribution in [2.75, 3.05) is 5.73 Å². The zero-order valence-corrected chi connectivity index (χ0v) is 14.2. The predicted octanol–water partition coefficient (Wildman–Crippen LogP) is 4.72. The van der Waals surface area contributed by atoms with Gasteiger partial charge in [0.1, 0.15) is 17.3 Å². The number of rotatable bonds is 4. The molecule has 0 fully saturated rings. The van der Waals surface area contributed by atoms with Crippen LogP contribution in [0.25, 0.3) is 22.3 Å². The summed E-state index contributed by atoms with van der Waals surface area (Å²) in [5.74, 6) is 1.07. The van der Waals surface area contributed by atoms with Gasteiger partial charge < -0.3 is 10.5 Å². The molecule has 5 nitrogen and oxygen atoms in total. The second-order valence-corrected chi connectivity index (χ2v) is 5.81. The first-order chi connectivity index (χ1) is 13.2. The summed E-state index contributed by atoms with van der Waals surface area (Å²) in [6.07, 6.45) is 6.31. The summed E-state index contributed by atoms with van der Waals surface area (Å²) in [5, 5.41) is 0. The summed E-state index contributed by atoms with van der Waals surface area (Å²) in [6.45, 7) is 0. The molecule has 0 spiro atoms. The second kappa shape index (κ2) is 7.21. The van der Waals surface area contributed by atoms with Gasteiger partial charge in [0.05, 0.1) is 0 Å². The summed E-state index contributed by atoms with van der Waals surface area (Å²) in [7, 11) is 0. The molecular weight excluding hydrogens is 343 g/mol. The number of hydrogen-bond donors (Lipinski definition) is 1. The lowest BCUT2D eigenvalue weighted by Crippen LogP contribution is -1.95. The largest absolute Gasteiger partial charge is 0.457 e. The highest BCUT2D eigenvalue weighted by molar-refractivity contribution is 5.74. The van der Waals surface area contributed by atoms with Crippen LogP contribution in [-0.4, -0.2) is 15.0 Å². The highest BCUT2D eigenvalue weighted by atomic mass is 19.1. The Bertz CT molecular complexity index is 1070. The van der Waals surface area contributed by atoms with Gasteiger partial charge in [-0.2, -0.15) is 0 Å². The van der Waals surface area contributed by atoms with E-state index in [1.54, 1.807) is 30.6 Å². The molecule has 6 heteroatoms. The molecule has 2 heterocycles. The number of nitrogens with two attached hydrogens (primary N) is 1. The van der Waals surface area contributed by atoms with Crippen LogP contribution in [0.4, 0.5) is 10.3 Å². The number of nitrogens with zero attached hydrogens (tertiary/aromatic N) is 3. The lowest BCUT2D eigenvalue weighted by molar-refractivity contribution is 0.483. The second-order valence-electron chi connectivity index (χ2n) is 5.81. The van der Waals surface area contributed by atoms with E-state index < -0.39 is 0 Å². The molecule has 0 aliphatic carbocycles. The number of nitrogen functional groups attached to an aromatic ring is 1. The van der Waals surface area contributed by atoms with Crippen LogP contribution in [0.3, 0.4) is 0 Å². The maximum absolute atomic E-state index is 14.7. The quantitative estimate of drug-likeness (QED) is 0.571. The zero-order valence-electron chi connectivity index (χ0n) is 14.2. The average Bonchev–Trinajstić information content (AvgIpc) is 2.70. The van der Waals surface area contributed by atoms with Gasteiger partial charge in [-0.05, 0) is 29.8 Å². The molecule has 0 aliphatic rings. The Hall–Kier alpha value is -3.80. The van der Waals surface area contributed by atoms with E-state index in [0.29, 0.717) is 28.2 Å². The number of aromatic nitrogens is 3. The van der Waals surface area contributed by atoms with Crippen LogP contribution in [0.15, 0.2) is 79.4 Å². The third-order valence-corrected chi connectivity index (χ3v) is 4.03. The topological polar surface area (TPSA) is 73.9 Å². The van der Waals surface area contributed by atoms with Crippen LogP contribution in [0.2, 0.25) is 0 Å². The summed E-state index contributed by atoms with van der Waals surface area (Å²) in [6, 6.07) is 16.0. The van der Waals surface area contributed by atoms with Gasteiger partial charge in [-0.1, -0.05) is 30.3 Å². The van der Waals surface area contributed by atoms with Crippen molar-refractivity contribution in [3.05, 3.63) is 85.2 Å². The Morgan fingerprint density at radius 2 is 1.56 bits per heavy atom. The molecule has 4 aromatic rings. The molecule has 0 saturated carbocycles. The molecule has 0 atom stereocenters. The predicted molar refractivity (Wildman–Crippen MR) is 102 cm³/mol. The zero-order chi connectivity index (χ0) is 18.6. The fourth-order valence-electron chi connectivity index (χ4n) is 2.72. The van der Waals surface area contributed by atoms with Gasteiger partial charge in [-0.25, -0.2) is 14.4 Å². The van der Waals surface area contributed by atoms with E-state index in [0.717, 1.165) is 5.56 Å². The fraction of sp³-hybridized carbons (Fsp3) is 0. The molecule has 0 saturated heterocycles. The van der Waals surface area contributed by atoms with E-state index in [1.807, 2.05) is 30.3 Å². The minimum atomic E-state index is -0.375. The lowest BCUT2D eigenvalue weighted by Gasteiger charge is -2.12. The van der Waals surface area contributed by atoms with Crippen LogP contribution < -0.4 is 10.5 Å². The van der Waals surface area contributed by atoms with Crippen LogP contribution >= 0.6 is 0 Å². The minimum absolute atomic E-state index is 0.151. The number of para-hydroxylation sites is 1. The number of halogens is 1. The molecular formula is C21H15FN4O. The van der Waals surface area contributed by atoms with Gasteiger partial charge >= 0.3 is 0 Å². The first kappa shape index (κ1) is 16.7. The third kappa shape index (κ3) is 3.59. The third-order valence-electron chi connectivity index (χ3n) is 4.03. The monoisotopic (exact) mass is 358 g/mol. The van der Waals surface area contributed by atoms with E-state index in [1.165, 1.54) is 18.5 Å². The van der Waals surface area contributed by atoms with E-state index in [2.05, 4.69) is 15.0 Å². The standard InChI is InChI=1S/C21H15FN4O/c22-19-11-14(5-6-17(19)15-12-25-21(23)26-13-15)18-3-1-2-4-20(18)27-16-7-9-24-10-8-16/h1-13H,(H2,23,25,26). The molecule has 0 radical (unpaired) electrons. The van der Waals surface area contributed by atoms with Crippen LogP contribution in [0, 0.1) is 5.82 Å². The Kier molecular flexibility index (Phi) is 4.45. The molecule has 0 bridgehead atoms. The first-order valence-electron chi connectivity index (χ1n) is 8.25. The Morgan fingerprint density at radius 3 is 2.30 bits per heavy atom. The van der Waals surface area contributed by atoms with Crippen molar-refractivity contribution in [3.8, 4) is 33.8 Å². The highest BCUT2D eigenvalue weighted by Gasteiger charge is 2.12. The number of anilines is 1. The molecule has 132 valence electrons. The van der Waals surface area contributed by atoms with Crippen molar-refractivity contribution >= 4 is 5.95 Å². The van der Waals surface area contributed by atoms with E-state index in [-0.39, 0.29) is 11.8 Å². The smallest absolute Gasteiger partial charge is 0.219 e. The lowest BCUT2D eigenvalue weighted by atomic mass is 10.0. The van der Waals surface area contributed by atoms with Crippen molar-refractivity contribution in [2.45, 2.75) is 0 Å². The minimum Gasteiger partial charge on any atom is -0.457 e. The van der Waals surface area contributed by atoms with Crippen molar-refractivity contribution in [1.29, 1.82) is 0 Å². The SMILES string of the molecule is Nc1ncc(-c2ccc(-c3ccccc3Oc3ccncc3)cc2F)cn1. The molecule has 27 heavy (non-hydrogen) atoms. The highest BCUT2D eigenvalue weighted by Crippen LogP contribution is 2.35. The van der Waals surface area contributed by atoms with Crippen molar-refractivity contribution in [3.63, 3.8) is 0 Å². The fourth-order valence-corrected chi connectivity index (χ4v) is 2.72. The Balaban J connectivity index is 1.70. The summed E-state index contributed by atoms with van der Waals surface area (Å²) in [5.41, 5.74) is 7.95. The average molecular weight is 358 g/mol.